The molecule has 1 aliphatic heterocycles. The van der Waals surface area contributed by atoms with E-state index in [9.17, 15) is 4.39 Å². The van der Waals surface area contributed by atoms with Crippen molar-refractivity contribution in [1.29, 1.82) is 0 Å². The van der Waals surface area contributed by atoms with Gasteiger partial charge >= 0.3 is 0 Å². The van der Waals surface area contributed by atoms with Crippen molar-refractivity contribution in [1.82, 2.24) is 0 Å². The van der Waals surface area contributed by atoms with Crippen molar-refractivity contribution < 1.29 is 18.6 Å². The van der Waals surface area contributed by atoms with Gasteiger partial charge in [-0.2, -0.15) is 0 Å². The van der Waals surface area contributed by atoms with Crippen molar-refractivity contribution in [3.63, 3.8) is 0 Å². The van der Waals surface area contributed by atoms with Gasteiger partial charge in [-0.05, 0) is 23.8 Å². The molecule has 0 bridgehead atoms. The van der Waals surface area contributed by atoms with Gasteiger partial charge in [0.1, 0.15) is 11.9 Å². The Bertz CT molecular complexity index is 627. The van der Waals surface area contributed by atoms with Gasteiger partial charge in [0.05, 0.1) is 19.8 Å². The van der Waals surface area contributed by atoms with E-state index in [1.54, 1.807) is 12.1 Å². The maximum Gasteiger partial charge on any atom is 0.184 e. The Morgan fingerprint density at radius 3 is 2.59 bits per heavy atom. The quantitative estimate of drug-likeness (QED) is 0.848. The van der Waals surface area contributed by atoms with E-state index in [2.05, 4.69) is 0 Å². The molecule has 0 N–H and O–H groups in total. The molecule has 0 unspecified atom stereocenters. The van der Waals surface area contributed by atoms with Crippen LogP contribution in [0.15, 0.2) is 48.5 Å². The van der Waals surface area contributed by atoms with Crippen LogP contribution in [0.2, 0.25) is 5.02 Å². The summed E-state index contributed by atoms with van der Waals surface area (Å²) in [6.07, 6.45) is -0.711. The maximum atomic E-state index is 13.2. The predicted octanol–water partition coefficient (Wildman–Crippen LogP) is 4.11. The first kappa shape index (κ1) is 15.4. The summed E-state index contributed by atoms with van der Waals surface area (Å²) in [5.41, 5.74) is 1.60. The maximum absolute atomic E-state index is 13.2. The molecule has 0 aromatic heterocycles. The fourth-order valence-corrected chi connectivity index (χ4v) is 2.44. The van der Waals surface area contributed by atoms with Crippen LogP contribution in [-0.4, -0.2) is 19.3 Å². The number of benzene rings is 2. The van der Waals surface area contributed by atoms with E-state index in [0.29, 0.717) is 30.4 Å². The molecule has 0 saturated carbocycles. The zero-order valence-corrected chi connectivity index (χ0v) is 12.6. The Morgan fingerprint density at radius 2 is 1.86 bits per heavy atom. The first-order valence-corrected chi connectivity index (χ1v) is 7.44. The van der Waals surface area contributed by atoms with Crippen LogP contribution in [-0.2, 0) is 20.8 Å². The second-order valence-corrected chi connectivity index (χ2v) is 5.49. The minimum Gasteiger partial charge on any atom is -0.369 e. The summed E-state index contributed by atoms with van der Waals surface area (Å²) < 4.78 is 30.2. The van der Waals surface area contributed by atoms with Gasteiger partial charge in [-0.15, -0.1) is 0 Å². The van der Waals surface area contributed by atoms with Crippen molar-refractivity contribution in [2.75, 3.05) is 13.2 Å². The zero-order valence-electron chi connectivity index (χ0n) is 11.9. The third-order valence-corrected chi connectivity index (χ3v) is 3.79. The standard InChI is InChI=1S/C17H16ClFO3/c18-16-7-2-1-4-13(16)9-20-15-10-21-17(22-11-15)12-5-3-6-14(19)8-12/h1-8,15,17H,9-11H2. The molecule has 0 spiro atoms. The Labute approximate surface area is 133 Å². The van der Waals surface area contributed by atoms with E-state index in [1.165, 1.54) is 12.1 Å². The molecule has 116 valence electrons. The summed E-state index contributed by atoms with van der Waals surface area (Å²) in [4.78, 5) is 0. The predicted molar refractivity (Wildman–Crippen MR) is 81.1 cm³/mol. The van der Waals surface area contributed by atoms with Gasteiger partial charge in [0.25, 0.3) is 0 Å². The van der Waals surface area contributed by atoms with Crippen LogP contribution < -0.4 is 0 Å². The fraction of sp³-hybridized carbons (Fsp3) is 0.294. The lowest BCUT2D eigenvalue weighted by Crippen LogP contribution is -2.33. The van der Waals surface area contributed by atoms with E-state index in [1.807, 2.05) is 24.3 Å². The molecule has 3 nitrogen and oxygen atoms in total. The number of ether oxygens (including phenoxy) is 3. The van der Waals surface area contributed by atoms with Crippen LogP contribution in [0.4, 0.5) is 4.39 Å². The van der Waals surface area contributed by atoms with Gasteiger partial charge in [-0.25, -0.2) is 4.39 Å². The van der Waals surface area contributed by atoms with Gasteiger partial charge < -0.3 is 14.2 Å². The monoisotopic (exact) mass is 322 g/mol. The summed E-state index contributed by atoms with van der Waals surface area (Å²) in [6, 6.07) is 13.8. The molecule has 22 heavy (non-hydrogen) atoms. The van der Waals surface area contributed by atoms with Crippen LogP contribution in [0.5, 0.6) is 0 Å². The zero-order chi connectivity index (χ0) is 15.4. The molecule has 1 heterocycles. The molecule has 1 fully saturated rings. The third-order valence-electron chi connectivity index (χ3n) is 3.42. The van der Waals surface area contributed by atoms with Gasteiger partial charge in [0, 0.05) is 10.6 Å². The number of halogens is 2. The Morgan fingerprint density at radius 1 is 1.09 bits per heavy atom. The van der Waals surface area contributed by atoms with Crippen molar-refractivity contribution in [2.24, 2.45) is 0 Å². The van der Waals surface area contributed by atoms with Gasteiger partial charge in [-0.1, -0.05) is 41.9 Å². The molecule has 0 atom stereocenters. The Balaban J connectivity index is 1.51. The first-order chi connectivity index (χ1) is 10.7. The molecule has 1 aliphatic rings. The highest BCUT2D eigenvalue weighted by molar-refractivity contribution is 6.31. The van der Waals surface area contributed by atoms with E-state index < -0.39 is 6.29 Å². The number of hydrogen-bond acceptors (Lipinski definition) is 3. The number of rotatable bonds is 4. The summed E-state index contributed by atoms with van der Waals surface area (Å²) in [5.74, 6) is -0.304. The lowest BCUT2D eigenvalue weighted by Gasteiger charge is -2.29. The minimum atomic E-state index is -0.545. The van der Waals surface area contributed by atoms with Crippen LogP contribution >= 0.6 is 11.6 Å². The van der Waals surface area contributed by atoms with Crippen LogP contribution in [0.3, 0.4) is 0 Å². The second kappa shape index (κ2) is 7.20. The molecular weight excluding hydrogens is 307 g/mol. The van der Waals surface area contributed by atoms with Crippen molar-refractivity contribution >= 4 is 11.6 Å². The van der Waals surface area contributed by atoms with Gasteiger partial charge in [-0.3, -0.25) is 0 Å². The highest BCUT2D eigenvalue weighted by Gasteiger charge is 2.24. The molecule has 3 rings (SSSR count). The van der Waals surface area contributed by atoms with Crippen molar-refractivity contribution in [3.8, 4) is 0 Å². The molecule has 0 amide bonds. The molecule has 0 aliphatic carbocycles. The number of hydrogen-bond donors (Lipinski definition) is 0. The molecule has 1 saturated heterocycles. The lowest BCUT2D eigenvalue weighted by molar-refractivity contribution is -0.232. The smallest absolute Gasteiger partial charge is 0.184 e. The largest absolute Gasteiger partial charge is 0.369 e. The highest BCUT2D eigenvalue weighted by atomic mass is 35.5. The fourth-order valence-electron chi connectivity index (χ4n) is 2.25. The lowest BCUT2D eigenvalue weighted by atomic mass is 10.2. The molecule has 5 heteroatoms. The Hall–Kier alpha value is -1.46. The Kier molecular flexibility index (Phi) is 5.05. The summed E-state index contributed by atoms with van der Waals surface area (Å²) in [7, 11) is 0. The van der Waals surface area contributed by atoms with Gasteiger partial charge in [0.15, 0.2) is 6.29 Å². The van der Waals surface area contributed by atoms with E-state index in [-0.39, 0.29) is 11.9 Å². The molecule has 2 aromatic carbocycles. The van der Waals surface area contributed by atoms with Crippen molar-refractivity contribution in [3.05, 3.63) is 70.5 Å². The molecule has 2 aromatic rings. The van der Waals surface area contributed by atoms with E-state index in [4.69, 9.17) is 25.8 Å². The summed E-state index contributed by atoms with van der Waals surface area (Å²) >= 11 is 6.08. The average molecular weight is 323 g/mol. The van der Waals surface area contributed by atoms with Gasteiger partial charge in [0.2, 0.25) is 0 Å². The van der Waals surface area contributed by atoms with Crippen LogP contribution in [0, 0.1) is 5.82 Å². The summed E-state index contributed by atoms with van der Waals surface area (Å²) in [6.45, 7) is 1.19. The SMILES string of the molecule is Fc1cccc(C2OCC(OCc3ccccc3Cl)CO2)c1. The third kappa shape index (κ3) is 3.84. The topological polar surface area (TPSA) is 27.7 Å². The minimum absolute atomic E-state index is 0.166. The van der Waals surface area contributed by atoms with Crippen LogP contribution in [0.25, 0.3) is 0 Å². The average Bonchev–Trinajstić information content (AvgIpc) is 2.55. The molecular formula is C17H16ClFO3. The first-order valence-electron chi connectivity index (χ1n) is 7.06. The van der Waals surface area contributed by atoms with E-state index in [0.717, 1.165) is 5.56 Å². The second-order valence-electron chi connectivity index (χ2n) is 5.08. The van der Waals surface area contributed by atoms with E-state index >= 15 is 0 Å². The molecule has 0 radical (unpaired) electrons. The summed E-state index contributed by atoms with van der Waals surface area (Å²) in [5, 5.41) is 0.679. The van der Waals surface area contributed by atoms with Crippen LogP contribution in [0.1, 0.15) is 17.4 Å². The van der Waals surface area contributed by atoms with Crippen molar-refractivity contribution in [2.45, 2.75) is 19.0 Å². The normalized spacial score (nSPS) is 21.7. The highest BCUT2D eigenvalue weighted by Crippen LogP contribution is 2.25.